The predicted molar refractivity (Wildman–Crippen MR) is 364 cm³/mol. The smallest absolute Gasteiger partial charge is 0.347 e. The molecule has 6 aromatic heterocycles. The van der Waals surface area contributed by atoms with Gasteiger partial charge < -0.3 is 75.5 Å². The van der Waals surface area contributed by atoms with Crippen molar-refractivity contribution in [3.05, 3.63) is 190 Å². The highest BCUT2D eigenvalue weighted by molar-refractivity contribution is 6.04. The van der Waals surface area contributed by atoms with Gasteiger partial charge in [0.2, 0.25) is 0 Å². The van der Waals surface area contributed by atoms with Gasteiger partial charge in [0.25, 0.3) is 28.5 Å². The molecule has 3 aliphatic heterocycles. The van der Waals surface area contributed by atoms with E-state index in [0.717, 1.165) is 24.8 Å². The minimum Gasteiger partial charge on any atom is -0.505 e. The highest BCUT2D eigenvalue weighted by atomic mass is 19.1. The van der Waals surface area contributed by atoms with Crippen LogP contribution in [0.4, 0.5) is 13.2 Å². The average molecular weight is 1430 g/mol. The first-order valence-electron chi connectivity index (χ1n) is 30.7. The minimum atomic E-state index is -1.85. The van der Waals surface area contributed by atoms with Gasteiger partial charge in [0.05, 0.1) is 77.6 Å². The number of pyridine rings is 6. The third kappa shape index (κ3) is 16.0. The average Bonchev–Trinajstić information content (AvgIpc) is 1.24. The molecule has 0 saturated carbocycles. The Bertz CT molecular complexity index is 4960. The second kappa shape index (κ2) is 32.9. The second-order valence-electron chi connectivity index (χ2n) is 23.7. The van der Waals surface area contributed by atoms with Crippen LogP contribution in [0.5, 0.6) is 34.5 Å². The topological polar surface area (TPSA) is 447 Å². The third-order valence-electron chi connectivity index (χ3n) is 16.5. The highest BCUT2D eigenvalue weighted by Crippen LogP contribution is 2.42. The Kier molecular flexibility index (Phi) is 25.1. The molecular weight excluding hydrogens is 1350 g/mol. The lowest BCUT2D eigenvalue weighted by Gasteiger charge is -2.37. The molecule has 32 heteroatoms. The van der Waals surface area contributed by atoms with Gasteiger partial charge in [0, 0.05) is 67.6 Å². The molecule has 0 radical (unpaired) electrons. The number of nitrogens with one attached hydrogen (secondary N) is 2. The Morgan fingerprint density at radius 1 is 0.534 bits per heavy atom. The number of hydrogen-bond donors (Lipinski definition) is 11. The summed E-state index contributed by atoms with van der Waals surface area (Å²) in [6.07, 6.45) is 4.92. The molecule has 0 spiro atoms. The number of carbonyl (C=O) groups is 3. The van der Waals surface area contributed by atoms with Gasteiger partial charge in [-0.05, 0) is 60.0 Å². The number of hydrogen-bond acceptors (Lipinski definition) is 24. The van der Waals surface area contributed by atoms with Crippen molar-refractivity contribution in [2.45, 2.75) is 97.7 Å². The lowest BCUT2D eigenvalue weighted by molar-refractivity contribution is -0.0553. The monoisotopic (exact) mass is 1430 g/mol. The van der Waals surface area contributed by atoms with Crippen LogP contribution in [0.15, 0.2) is 106 Å². The molecule has 0 aliphatic carbocycles. The summed E-state index contributed by atoms with van der Waals surface area (Å²) in [5, 5.41) is 115. The molecule has 2 atom stereocenters. The number of aromatic nitrogens is 6. The van der Waals surface area contributed by atoms with E-state index in [1.165, 1.54) is 55.0 Å². The molecule has 0 fully saturated rings. The van der Waals surface area contributed by atoms with Crippen molar-refractivity contribution in [2.24, 2.45) is 0 Å². The fourth-order valence-corrected chi connectivity index (χ4v) is 11.4. The fraction of sp³-hybridized carbons (Fsp3) is 0.338. The van der Waals surface area contributed by atoms with E-state index in [-0.39, 0.29) is 144 Å². The van der Waals surface area contributed by atoms with Crippen LogP contribution in [0.3, 0.4) is 0 Å². The van der Waals surface area contributed by atoms with Crippen LogP contribution in [0, 0.1) is 40.1 Å². The first-order valence-corrected chi connectivity index (χ1v) is 30.7. The maximum absolute atomic E-state index is 13.3. The van der Waals surface area contributed by atoms with Crippen LogP contribution in [-0.4, -0.2) is 169 Å². The van der Waals surface area contributed by atoms with Crippen molar-refractivity contribution < 1.29 is 92.5 Å². The maximum atomic E-state index is 13.3. The van der Waals surface area contributed by atoms with E-state index >= 15 is 0 Å². The van der Waals surface area contributed by atoms with Crippen molar-refractivity contribution in [1.29, 1.82) is 10.5 Å². The summed E-state index contributed by atoms with van der Waals surface area (Å²) in [4.78, 5) is 90.2. The molecule has 0 saturated heterocycles. The molecular formula is C71H75F3N10O19. The zero-order valence-electron chi connectivity index (χ0n) is 53.0. The Balaban J connectivity index is 0.000000213. The molecule has 9 aromatic rings. The zero-order valence-corrected chi connectivity index (χ0v) is 53.0. The summed E-state index contributed by atoms with van der Waals surface area (Å²) in [5.41, 5.74) is -6.17. The Morgan fingerprint density at radius 3 is 1.20 bits per heavy atom. The van der Waals surface area contributed by atoms with Gasteiger partial charge in [-0.3, -0.25) is 52.6 Å². The summed E-state index contributed by atoms with van der Waals surface area (Å²) in [6, 6.07) is 21.0. The largest absolute Gasteiger partial charge is 0.505 e. The fourth-order valence-electron chi connectivity index (χ4n) is 11.4. The van der Waals surface area contributed by atoms with Crippen LogP contribution < -0.4 is 41.5 Å². The van der Waals surface area contributed by atoms with Crippen molar-refractivity contribution in [3.63, 3.8) is 0 Å². The number of ether oxygens (including phenoxy) is 4. The van der Waals surface area contributed by atoms with Gasteiger partial charge in [-0.1, -0.05) is 58.7 Å². The van der Waals surface area contributed by atoms with E-state index in [1.807, 2.05) is 12.1 Å². The first-order chi connectivity index (χ1) is 47.9. The molecule has 3 aliphatic rings. The molecule has 103 heavy (non-hydrogen) atoms. The quantitative estimate of drug-likeness (QED) is 0.0423. The normalized spacial score (nSPS) is 15.7. The summed E-state index contributed by atoms with van der Waals surface area (Å²) >= 11 is 0. The Morgan fingerprint density at radius 2 is 0.864 bits per heavy atom. The van der Waals surface area contributed by atoms with E-state index in [2.05, 4.69) is 25.6 Å². The van der Waals surface area contributed by atoms with Crippen molar-refractivity contribution >= 4 is 50.9 Å². The molecule has 3 aromatic carbocycles. The van der Waals surface area contributed by atoms with Crippen LogP contribution in [-0.2, 0) is 43.6 Å². The number of esters is 1. The molecule has 544 valence electrons. The Hall–Kier alpha value is -11.5. The molecule has 29 nitrogen and oxygen atoms in total. The number of amides is 2. The van der Waals surface area contributed by atoms with E-state index < -0.39 is 142 Å². The zero-order chi connectivity index (χ0) is 72.0. The van der Waals surface area contributed by atoms with E-state index in [9.17, 15) is 87.9 Å². The Labute approximate surface area is 584 Å². The first kappa shape index (κ1) is 78.8. The summed E-state index contributed by atoms with van der Waals surface area (Å²) in [5.74, 6) is -5.59. The van der Waals surface area contributed by atoms with Gasteiger partial charge in [-0.25, -0.2) is 18.0 Å². The lowest BCUT2D eigenvalue weighted by atomic mass is 9.99. The van der Waals surface area contributed by atoms with E-state index in [4.69, 9.17) is 29.5 Å². The van der Waals surface area contributed by atoms with Crippen molar-refractivity contribution in [3.8, 4) is 46.6 Å². The SMILES string of the molecule is C.C.C.CCOC(=O)c1c(O)c2ncc(Cc3ccc(F)cc3)c3c2n(c1=O)CC(O)(CO)CO3.N#CCCNC(=O)c1c(O)c2ncc(Cc3ccc(F)cc3)c3c2n(c1=O)CC(CO)(CO)O3.N#CCCNC(=O)c1c(O)c2ncc(Cc3ccc(F)cc3)c3c2n(c1=O)CC(O)(CO)CO3. The van der Waals surface area contributed by atoms with Gasteiger partial charge in [0.1, 0.15) is 86.1 Å². The van der Waals surface area contributed by atoms with Crippen LogP contribution in [0.2, 0.25) is 0 Å². The van der Waals surface area contributed by atoms with Gasteiger partial charge >= 0.3 is 5.97 Å². The third-order valence-corrected chi connectivity index (χ3v) is 16.5. The number of nitriles is 2. The van der Waals surface area contributed by atoms with Gasteiger partial charge in [-0.2, -0.15) is 10.5 Å². The number of aliphatic hydroxyl groups is 6. The molecule has 12 rings (SSSR count). The standard InChI is InChI=1S/2C23H21FN4O6.C22H21FN2O7.3CH4/c24-15-4-2-13(3-5-15)8-14-9-27-17-18-20(14)34-12-23(33,11-29)10-28(18)22(32)16(19(17)30)21(31)26-7-1-6-25;24-15-4-2-13(3-5-15)8-14-9-27-17-18-20(14)34-23(11-29,12-30)10-28(18)22(33)16(19(17)31)21(32)26-7-1-6-25;1-2-31-21(29)15-18(27)16-17-19(32-11-22(30,10-26)9-25(17)20(15)28)13(8-24-16)7-12-3-5-14(23)6-4-12;;;/h2-5,9,29-30,33H,1,7-8,10-12H2,(H,26,31);2-5,9,29-31H,1,7-8,10-12H2,(H,26,32);3-6,8,26-27,30H,2,7,9-11H2,1H3;3*1H4. The van der Waals surface area contributed by atoms with Gasteiger partial charge in [0.15, 0.2) is 45.7 Å². The van der Waals surface area contributed by atoms with Crippen LogP contribution >= 0.6 is 0 Å². The van der Waals surface area contributed by atoms with Crippen molar-refractivity contribution in [2.75, 3.05) is 59.3 Å². The molecule has 11 N–H and O–H groups in total. The summed E-state index contributed by atoms with van der Waals surface area (Å²) < 4.78 is 65.6. The van der Waals surface area contributed by atoms with Crippen molar-refractivity contribution in [1.82, 2.24) is 39.3 Å². The molecule has 2 amide bonds. The maximum Gasteiger partial charge on any atom is 0.347 e. The number of aliphatic hydroxyl groups excluding tert-OH is 4. The number of halogens is 3. The van der Waals surface area contributed by atoms with E-state index in [1.54, 1.807) is 43.3 Å². The second-order valence-corrected chi connectivity index (χ2v) is 23.7. The predicted octanol–water partition coefficient (Wildman–Crippen LogP) is 4.22. The molecule has 2 unspecified atom stereocenters. The summed E-state index contributed by atoms with van der Waals surface area (Å²) in [7, 11) is 0. The van der Waals surface area contributed by atoms with Gasteiger partial charge in [-0.15, -0.1) is 0 Å². The van der Waals surface area contributed by atoms with Crippen LogP contribution in [0.25, 0.3) is 33.1 Å². The van der Waals surface area contributed by atoms with E-state index in [0.29, 0.717) is 22.3 Å². The highest BCUT2D eigenvalue weighted by Gasteiger charge is 2.42. The van der Waals surface area contributed by atoms with Crippen LogP contribution in [0.1, 0.15) is 107 Å². The number of rotatable bonds is 18. The number of aromatic hydroxyl groups is 3. The number of benzene rings is 3. The summed E-state index contributed by atoms with van der Waals surface area (Å²) in [6.45, 7) is -3.11. The molecule has 0 bridgehead atoms. The lowest BCUT2D eigenvalue weighted by Crippen LogP contribution is -2.52. The molecule has 9 heterocycles. The minimum absolute atomic E-state index is 0. The number of nitrogens with zero attached hydrogens (tertiary/aromatic N) is 8. The number of carbonyl (C=O) groups excluding carboxylic acids is 3.